The van der Waals surface area contributed by atoms with Crippen LogP contribution in [0.5, 0.6) is 0 Å². The van der Waals surface area contributed by atoms with E-state index < -0.39 is 57.1 Å². The quantitative estimate of drug-likeness (QED) is 0.0701. The van der Waals surface area contributed by atoms with E-state index in [1.54, 1.807) is 0 Å². The molecule has 2 unspecified atom stereocenters. The number of unbranched alkanes of at least 4 members (excludes halogenated alkanes) is 3. The summed E-state index contributed by atoms with van der Waals surface area (Å²) in [5, 5.41) is 36.4. The minimum absolute atomic E-state index is 0.0190. The summed E-state index contributed by atoms with van der Waals surface area (Å²) in [5.41, 5.74) is 0. The van der Waals surface area contributed by atoms with Gasteiger partial charge in [-0.25, -0.2) is 9.47 Å². The molecule has 16 heteroatoms. The van der Waals surface area contributed by atoms with E-state index in [0.717, 1.165) is 0 Å². The van der Waals surface area contributed by atoms with E-state index in [2.05, 4.69) is 18.9 Å². The SMILES string of the molecule is OCCCCCC(O)COCC(F)(F)OC(F)(F)OC(F)(F)COCCOCC(O)COCCCCO. The maximum absolute atomic E-state index is 13.5. The van der Waals surface area contributed by atoms with Gasteiger partial charge in [0.1, 0.15) is 19.3 Å². The van der Waals surface area contributed by atoms with Crippen molar-refractivity contribution in [1.29, 1.82) is 0 Å². The Labute approximate surface area is 211 Å². The molecule has 37 heavy (non-hydrogen) atoms. The highest BCUT2D eigenvalue weighted by atomic mass is 19.3. The van der Waals surface area contributed by atoms with E-state index in [4.69, 9.17) is 19.7 Å². The highest BCUT2D eigenvalue weighted by Gasteiger charge is 2.52. The zero-order valence-corrected chi connectivity index (χ0v) is 20.5. The summed E-state index contributed by atoms with van der Waals surface area (Å²) >= 11 is 0. The van der Waals surface area contributed by atoms with Crippen LogP contribution in [0, 0.1) is 0 Å². The fraction of sp³-hybridized carbons (Fsp3) is 1.00. The second-order valence-corrected chi connectivity index (χ2v) is 7.97. The largest absolute Gasteiger partial charge is 0.495 e. The number of rotatable bonds is 26. The fourth-order valence-electron chi connectivity index (χ4n) is 2.60. The molecule has 0 aliphatic heterocycles. The lowest BCUT2D eigenvalue weighted by Gasteiger charge is -2.26. The molecule has 0 spiro atoms. The molecule has 0 aliphatic rings. The molecule has 0 amide bonds. The molecule has 0 aromatic carbocycles. The molecule has 0 saturated heterocycles. The van der Waals surface area contributed by atoms with Crippen molar-refractivity contribution in [3.05, 3.63) is 0 Å². The van der Waals surface area contributed by atoms with Crippen molar-refractivity contribution in [1.82, 2.24) is 0 Å². The zero-order valence-electron chi connectivity index (χ0n) is 20.5. The summed E-state index contributed by atoms with van der Waals surface area (Å²) < 4.78 is 106. The van der Waals surface area contributed by atoms with Gasteiger partial charge >= 0.3 is 18.5 Å². The lowest BCUT2D eigenvalue weighted by molar-refractivity contribution is -0.518. The predicted molar refractivity (Wildman–Crippen MR) is 114 cm³/mol. The molecule has 0 aromatic rings. The van der Waals surface area contributed by atoms with Crippen LogP contribution in [-0.2, 0) is 28.4 Å². The number of halogens is 6. The molecule has 0 fully saturated rings. The summed E-state index contributed by atoms with van der Waals surface area (Å²) in [5.74, 6) is 0. The Bertz CT molecular complexity index is 548. The van der Waals surface area contributed by atoms with Crippen molar-refractivity contribution < 1.29 is 75.2 Å². The molecule has 0 radical (unpaired) electrons. The molecular formula is C21H38F6O10. The first-order chi connectivity index (χ1) is 17.3. The second kappa shape index (κ2) is 20.1. The van der Waals surface area contributed by atoms with Gasteiger partial charge in [0, 0.05) is 19.8 Å². The Balaban J connectivity index is 4.11. The van der Waals surface area contributed by atoms with E-state index in [1.165, 1.54) is 0 Å². The summed E-state index contributed by atoms with van der Waals surface area (Å²) in [4.78, 5) is 0. The van der Waals surface area contributed by atoms with Crippen LogP contribution in [0.3, 0.4) is 0 Å². The third-order valence-electron chi connectivity index (χ3n) is 4.27. The monoisotopic (exact) mass is 564 g/mol. The van der Waals surface area contributed by atoms with Crippen molar-refractivity contribution in [2.75, 3.05) is 66.1 Å². The topological polar surface area (TPSA) is 136 Å². The Kier molecular flexibility index (Phi) is 19.7. The fourth-order valence-corrected chi connectivity index (χ4v) is 2.60. The van der Waals surface area contributed by atoms with Crippen molar-refractivity contribution in [2.45, 2.75) is 69.2 Å². The smallest absolute Gasteiger partial charge is 0.396 e. The van der Waals surface area contributed by atoms with Gasteiger partial charge in [-0.15, -0.1) is 8.78 Å². The average Bonchev–Trinajstić information content (AvgIpc) is 2.77. The highest BCUT2D eigenvalue weighted by Crippen LogP contribution is 2.33. The molecule has 0 aliphatic carbocycles. The molecule has 0 bridgehead atoms. The van der Waals surface area contributed by atoms with Crippen LogP contribution in [0.25, 0.3) is 0 Å². The Morgan fingerprint density at radius 3 is 1.62 bits per heavy atom. The summed E-state index contributed by atoms with van der Waals surface area (Å²) in [6.07, 6.45) is -14.2. The first kappa shape index (κ1) is 36.2. The first-order valence-electron chi connectivity index (χ1n) is 11.7. The Morgan fingerprint density at radius 2 is 1.03 bits per heavy atom. The number of aliphatic hydroxyl groups is 4. The predicted octanol–water partition coefficient (Wildman–Crippen LogP) is 1.87. The van der Waals surface area contributed by atoms with Gasteiger partial charge in [-0.2, -0.15) is 17.6 Å². The minimum atomic E-state index is -5.40. The standard InChI is InChI=1S/C21H38F6O10/c22-19(23,15-34-11-10-33-14-18(31)13-32-9-5-4-8-29)36-21(26,27)37-20(24,25)16-35-12-17(30)6-2-1-3-7-28/h17-18,28-31H,1-16H2. The molecule has 10 nitrogen and oxygen atoms in total. The van der Waals surface area contributed by atoms with Gasteiger partial charge in [0.05, 0.1) is 39.1 Å². The van der Waals surface area contributed by atoms with Crippen LogP contribution in [0.4, 0.5) is 26.3 Å². The number of ether oxygens (including phenoxy) is 6. The Hall–Kier alpha value is -0.820. The third-order valence-corrected chi connectivity index (χ3v) is 4.27. The number of aliphatic hydroxyl groups excluding tert-OH is 4. The van der Waals surface area contributed by atoms with E-state index >= 15 is 0 Å². The van der Waals surface area contributed by atoms with E-state index in [0.29, 0.717) is 38.7 Å². The van der Waals surface area contributed by atoms with Crippen LogP contribution in [0.1, 0.15) is 38.5 Å². The van der Waals surface area contributed by atoms with Gasteiger partial charge in [0.25, 0.3) is 0 Å². The van der Waals surface area contributed by atoms with Crippen molar-refractivity contribution >= 4 is 0 Å². The van der Waals surface area contributed by atoms with Crippen LogP contribution in [0.2, 0.25) is 0 Å². The van der Waals surface area contributed by atoms with Gasteiger partial charge in [-0.1, -0.05) is 12.8 Å². The molecule has 0 saturated carbocycles. The molecule has 0 rings (SSSR count). The number of hydrogen-bond donors (Lipinski definition) is 4. The van der Waals surface area contributed by atoms with E-state index in [-0.39, 0.29) is 39.5 Å². The Morgan fingerprint density at radius 1 is 0.541 bits per heavy atom. The van der Waals surface area contributed by atoms with Crippen LogP contribution < -0.4 is 0 Å². The maximum atomic E-state index is 13.5. The molecule has 224 valence electrons. The van der Waals surface area contributed by atoms with Crippen molar-refractivity contribution in [3.63, 3.8) is 0 Å². The highest BCUT2D eigenvalue weighted by molar-refractivity contribution is 4.59. The summed E-state index contributed by atoms with van der Waals surface area (Å²) in [6.45, 7) is -4.91. The van der Waals surface area contributed by atoms with Crippen LogP contribution in [0.15, 0.2) is 0 Å². The molecular weight excluding hydrogens is 526 g/mol. The van der Waals surface area contributed by atoms with E-state index in [1.807, 2.05) is 0 Å². The first-order valence-corrected chi connectivity index (χ1v) is 11.7. The third kappa shape index (κ3) is 22.8. The van der Waals surface area contributed by atoms with Gasteiger partial charge in [-0.3, -0.25) is 0 Å². The van der Waals surface area contributed by atoms with Crippen molar-refractivity contribution in [2.24, 2.45) is 0 Å². The molecule has 4 N–H and O–H groups in total. The van der Waals surface area contributed by atoms with Gasteiger partial charge in [0.15, 0.2) is 0 Å². The lowest BCUT2D eigenvalue weighted by Crippen LogP contribution is -2.44. The second-order valence-electron chi connectivity index (χ2n) is 7.97. The molecule has 2 atom stereocenters. The summed E-state index contributed by atoms with van der Waals surface area (Å²) in [6, 6.07) is 0. The summed E-state index contributed by atoms with van der Waals surface area (Å²) in [7, 11) is 0. The lowest BCUT2D eigenvalue weighted by atomic mass is 10.1. The zero-order chi connectivity index (χ0) is 28.2. The molecule has 0 heterocycles. The van der Waals surface area contributed by atoms with Crippen LogP contribution in [-0.4, -0.2) is 117 Å². The van der Waals surface area contributed by atoms with Gasteiger partial charge in [0.2, 0.25) is 0 Å². The number of hydrogen-bond acceptors (Lipinski definition) is 10. The van der Waals surface area contributed by atoms with Crippen LogP contribution >= 0.6 is 0 Å². The normalized spacial score (nSPS) is 14.8. The molecule has 0 aromatic heterocycles. The van der Waals surface area contributed by atoms with Gasteiger partial charge < -0.3 is 39.4 Å². The van der Waals surface area contributed by atoms with Crippen molar-refractivity contribution in [3.8, 4) is 0 Å². The average molecular weight is 565 g/mol. The maximum Gasteiger partial charge on any atom is 0.495 e. The van der Waals surface area contributed by atoms with E-state index in [9.17, 15) is 36.6 Å². The minimum Gasteiger partial charge on any atom is -0.396 e. The number of alkyl halides is 6. The van der Waals surface area contributed by atoms with Gasteiger partial charge in [-0.05, 0) is 25.7 Å².